The lowest BCUT2D eigenvalue weighted by atomic mass is 10.2. The van der Waals surface area contributed by atoms with Gasteiger partial charge < -0.3 is 31.3 Å². The van der Waals surface area contributed by atoms with Gasteiger partial charge in [-0.05, 0) is 59.2 Å². The molecule has 0 fully saturated rings. The average molecular weight is 447 g/mol. The maximum absolute atomic E-state index is 6.15. The van der Waals surface area contributed by atoms with E-state index in [0.29, 0.717) is 45.7 Å². The zero-order valence-electron chi connectivity index (χ0n) is 19.0. The summed E-state index contributed by atoms with van der Waals surface area (Å²) in [4.78, 5) is 0. The van der Waals surface area contributed by atoms with E-state index in [1.165, 1.54) is 0 Å². The quantitative estimate of drug-likeness (QED) is 0.362. The summed E-state index contributed by atoms with van der Waals surface area (Å²) in [5.74, 6) is 0.739. The van der Waals surface area contributed by atoms with Crippen LogP contribution in [0, 0.1) is 0 Å². The van der Waals surface area contributed by atoms with Crippen LogP contribution < -0.4 is 9.92 Å². The van der Waals surface area contributed by atoms with Gasteiger partial charge in [0.1, 0.15) is 5.75 Å². The monoisotopic (exact) mass is 446 g/mol. The van der Waals surface area contributed by atoms with E-state index in [-0.39, 0.29) is 0 Å². The van der Waals surface area contributed by atoms with E-state index < -0.39 is 17.6 Å². The Morgan fingerprint density at radius 3 is 1.48 bits per heavy atom. The molecule has 7 nitrogen and oxygen atoms in total. The van der Waals surface area contributed by atoms with Gasteiger partial charge in [0.25, 0.3) is 0 Å². The van der Waals surface area contributed by atoms with Crippen molar-refractivity contribution in [2.24, 2.45) is 0 Å². The first kappa shape index (κ1) is 26.2. The molecule has 1 rings (SSSR count). The van der Waals surface area contributed by atoms with Gasteiger partial charge in [-0.25, -0.2) is 0 Å². The molecule has 0 aliphatic carbocycles. The number of hydrogen-bond donors (Lipinski definition) is 0. The largest absolute Gasteiger partial charge is 0.537 e. The lowest BCUT2D eigenvalue weighted by Crippen LogP contribution is -2.59. The van der Waals surface area contributed by atoms with Crippen LogP contribution in [0.2, 0.25) is 0 Å². The van der Waals surface area contributed by atoms with Gasteiger partial charge in [-0.3, -0.25) is 0 Å². The van der Waals surface area contributed by atoms with Gasteiger partial charge in [0.15, 0.2) is 0 Å². The van der Waals surface area contributed by atoms with E-state index in [0.717, 1.165) is 16.5 Å². The van der Waals surface area contributed by atoms with Gasteiger partial charge in [-0.15, -0.1) is 0 Å². The molecule has 0 unspecified atom stereocenters. The lowest BCUT2D eigenvalue weighted by Gasteiger charge is -2.33. The van der Waals surface area contributed by atoms with Crippen molar-refractivity contribution in [1.29, 1.82) is 0 Å². The zero-order chi connectivity index (χ0) is 21.8. The molecule has 0 amide bonds. The first-order valence-corrected chi connectivity index (χ1v) is 14.2. The van der Waals surface area contributed by atoms with Crippen LogP contribution in [0.1, 0.15) is 47.1 Å². The Labute approximate surface area is 178 Å². The van der Waals surface area contributed by atoms with Crippen LogP contribution in [-0.4, -0.2) is 64.4 Å². The second-order valence-electron chi connectivity index (χ2n) is 6.04. The number of hydrogen-bond acceptors (Lipinski definition) is 7. The van der Waals surface area contributed by atoms with Crippen LogP contribution in [0.3, 0.4) is 0 Å². The Hall–Kier alpha value is -0.786. The highest BCUT2D eigenvalue weighted by atomic mass is 28.4. The molecule has 0 heterocycles. The second-order valence-corrected chi connectivity index (χ2v) is 11.1. The lowest BCUT2D eigenvalue weighted by molar-refractivity contribution is 0.0702. The molecule has 168 valence electrons. The van der Waals surface area contributed by atoms with E-state index in [9.17, 15) is 0 Å². The predicted octanol–water partition coefficient (Wildman–Crippen LogP) is 3.08. The van der Waals surface area contributed by atoms with Gasteiger partial charge in [0.05, 0.1) is 7.11 Å². The number of methoxy groups -OCH3 is 1. The van der Waals surface area contributed by atoms with Crippen LogP contribution >= 0.6 is 0 Å². The van der Waals surface area contributed by atoms with Gasteiger partial charge in [-0.1, -0.05) is 6.07 Å². The maximum atomic E-state index is 6.15. The third-order valence-corrected chi connectivity index (χ3v) is 10.3. The molecule has 0 bridgehead atoms. The number of ether oxygens (including phenoxy) is 1. The van der Waals surface area contributed by atoms with Gasteiger partial charge in [0.2, 0.25) is 0 Å². The Bertz CT molecular complexity index is 552. The number of benzene rings is 1. The van der Waals surface area contributed by atoms with Crippen molar-refractivity contribution < 1.29 is 31.3 Å². The summed E-state index contributed by atoms with van der Waals surface area (Å²) in [6.07, 6.45) is 0. The van der Waals surface area contributed by atoms with E-state index in [4.69, 9.17) is 31.3 Å². The molecule has 0 saturated carbocycles. The highest BCUT2D eigenvalue weighted by molar-refractivity contribution is 6.76. The smallest absolute Gasteiger partial charge is 0.497 e. The number of rotatable bonds is 16. The standard InChI is InChI=1S/C20H38O7Si2/c1-8-22-28(23-9-2,24-10-3)17-18-16-19(21-7)14-15-20(18)29(25-11-4,26-12-5)27-13-6/h14-16H,8-13,17H2,1-7H3. The van der Waals surface area contributed by atoms with Crippen LogP contribution in [-0.2, 0) is 32.6 Å². The molecule has 1 aromatic carbocycles. The fourth-order valence-corrected chi connectivity index (χ4v) is 8.75. The summed E-state index contributed by atoms with van der Waals surface area (Å²) in [5, 5.41) is 0.903. The Kier molecular flexibility index (Phi) is 12.2. The fraction of sp³-hybridized carbons (Fsp3) is 0.700. The van der Waals surface area contributed by atoms with E-state index in [1.807, 2.05) is 59.7 Å². The normalized spacial score (nSPS) is 12.4. The molecule has 9 heteroatoms. The van der Waals surface area contributed by atoms with Crippen molar-refractivity contribution in [2.75, 3.05) is 46.8 Å². The second kappa shape index (κ2) is 13.5. The summed E-state index contributed by atoms with van der Waals surface area (Å²) in [6.45, 7) is 14.7. The molecule has 0 spiro atoms. The van der Waals surface area contributed by atoms with E-state index in [2.05, 4.69) is 0 Å². The summed E-state index contributed by atoms with van der Waals surface area (Å²) in [6, 6.07) is 6.34. The molecule has 0 N–H and O–H groups in total. The maximum Gasteiger partial charge on any atom is 0.537 e. The minimum Gasteiger partial charge on any atom is -0.497 e. The fourth-order valence-electron chi connectivity index (χ4n) is 3.24. The average Bonchev–Trinajstić information content (AvgIpc) is 2.69. The molecule has 0 saturated heterocycles. The molecule has 0 aromatic heterocycles. The minimum absolute atomic E-state index is 0.483. The van der Waals surface area contributed by atoms with Crippen molar-refractivity contribution >= 4 is 22.8 Å². The van der Waals surface area contributed by atoms with Crippen molar-refractivity contribution in [1.82, 2.24) is 0 Å². The first-order valence-electron chi connectivity index (χ1n) is 10.5. The molecule has 0 aliphatic rings. The SMILES string of the molecule is CCO[Si](Cc1cc(OC)ccc1[Si](OCC)(OCC)OCC)(OCC)OCC. The highest BCUT2D eigenvalue weighted by Crippen LogP contribution is 2.23. The highest BCUT2D eigenvalue weighted by Gasteiger charge is 2.48. The summed E-state index contributed by atoms with van der Waals surface area (Å²) in [7, 11) is -4.42. The van der Waals surface area contributed by atoms with Gasteiger partial charge in [-0.2, -0.15) is 0 Å². The molecule has 1 aromatic rings. The predicted molar refractivity (Wildman–Crippen MR) is 118 cm³/mol. The van der Waals surface area contributed by atoms with Crippen molar-refractivity contribution in [2.45, 2.75) is 47.6 Å². The van der Waals surface area contributed by atoms with Gasteiger partial charge in [0, 0.05) is 50.9 Å². The van der Waals surface area contributed by atoms with Crippen LogP contribution in [0.5, 0.6) is 5.75 Å². The summed E-state index contributed by atoms with van der Waals surface area (Å²) >= 11 is 0. The summed E-state index contributed by atoms with van der Waals surface area (Å²) in [5.41, 5.74) is 0.952. The third-order valence-electron chi connectivity index (χ3n) is 4.15. The van der Waals surface area contributed by atoms with Crippen LogP contribution in [0.15, 0.2) is 18.2 Å². The van der Waals surface area contributed by atoms with Crippen LogP contribution in [0.25, 0.3) is 0 Å². The molecule has 0 aliphatic heterocycles. The molecule has 29 heavy (non-hydrogen) atoms. The topological polar surface area (TPSA) is 64.6 Å². The van der Waals surface area contributed by atoms with E-state index in [1.54, 1.807) is 7.11 Å². The minimum atomic E-state index is -3.12. The van der Waals surface area contributed by atoms with Crippen molar-refractivity contribution in [3.8, 4) is 5.75 Å². The zero-order valence-corrected chi connectivity index (χ0v) is 21.0. The molecule has 0 radical (unpaired) electrons. The molecular weight excluding hydrogens is 408 g/mol. The molecule has 0 atom stereocenters. The van der Waals surface area contributed by atoms with Crippen molar-refractivity contribution in [3.05, 3.63) is 23.8 Å². The van der Waals surface area contributed by atoms with Crippen molar-refractivity contribution in [3.63, 3.8) is 0 Å². The summed E-state index contributed by atoms with van der Waals surface area (Å²) < 4.78 is 42.2. The first-order chi connectivity index (χ1) is 14.0. The Morgan fingerprint density at radius 2 is 1.10 bits per heavy atom. The Morgan fingerprint density at radius 1 is 0.655 bits per heavy atom. The molecular formula is C20H38O7Si2. The third kappa shape index (κ3) is 7.14. The van der Waals surface area contributed by atoms with Crippen LogP contribution in [0.4, 0.5) is 0 Å². The van der Waals surface area contributed by atoms with E-state index >= 15 is 0 Å². The Balaban J connectivity index is 3.56. The van der Waals surface area contributed by atoms with Gasteiger partial charge >= 0.3 is 17.6 Å².